The maximum Gasteiger partial charge on any atom is 0.135 e. The van der Waals surface area contributed by atoms with E-state index in [0.717, 1.165) is 5.69 Å². The van der Waals surface area contributed by atoms with Crippen LogP contribution in [0.1, 0.15) is 0 Å². The van der Waals surface area contributed by atoms with E-state index in [0.29, 0.717) is 4.32 Å². The summed E-state index contributed by atoms with van der Waals surface area (Å²) in [6, 6.07) is 5.90. The highest BCUT2D eigenvalue weighted by atomic mass is 32.1. The van der Waals surface area contributed by atoms with E-state index in [1.54, 1.807) is 12.1 Å². The molecule has 0 fully saturated rings. The van der Waals surface area contributed by atoms with Crippen molar-refractivity contribution in [1.29, 1.82) is 0 Å². The van der Waals surface area contributed by atoms with Crippen LogP contribution in [-0.4, -0.2) is 4.32 Å². The largest absolute Gasteiger partial charge is 0.341 e. The number of rotatable bonds is 1. The van der Waals surface area contributed by atoms with E-state index in [-0.39, 0.29) is 5.82 Å². The van der Waals surface area contributed by atoms with Crippen LogP contribution in [0.2, 0.25) is 0 Å². The van der Waals surface area contributed by atoms with Crippen molar-refractivity contribution < 1.29 is 4.39 Å². The highest BCUT2D eigenvalue weighted by Crippen LogP contribution is 2.08. The van der Waals surface area contributed by atoms with Gasteiger partial charge in [-0.05, 0) is 24.3 Å². The van der Waals surface area contributed by atoms with Gasteiger partial charge in [0.05, 0.1) is 0 Å². The predicted molar refractivity (Wildman–Crippen MR) is 51.6 cm³/mol. The molecule has 0 aliphatic heterocycles. The Morgan fingerprint density at radius 3 is 2.36 bits per heavy atom. The Hall–Kier alpha value is -0.610. The topological polar surface area (TPSA) is 12.0 Å². The molecular formula is C7H6FNS2. The molecule has 1 aromatic carbocycles. The minimum absolute atomic E-state index is 0.263. The van der Waals surface area contributed by atoms with Gasteiger partial charge in [-0.15, -0.1) is 12.6 Å². The van der Waals surface area contributed by atoms with E-state index in [9.17, 15) is 4.39 Å². The third-order valence-electron chi connectivity index (χ3n) is 1.10. The zero-order valence-corrected chi connectivity index (χ0v) is 7.25. The van der Waals surface area contributed by atoms with Crippen molar-refractivity contribution in [3.8, 4) is 0 Å². The number of nitrogens with one attached hydrogen (secondary N) is 1. The van der Waals surface area contributed by atoms with Crippen LogP contribution in [0.3, 0.4) is 0 Å². The van der Waals surface area contributed by atoms with Gasteiger partial charge in [0.1, 0.15) is 10.1 Å². The Balaban J connectivity index is 2.74. The molecule has 58 valence electrons. The summed E-state index contributed by atoms with van der Waals surface area (Å²) in [5.41, 5.74) is 0.742. The van der Waals surface area contributed by atoms with E-state index >= 15 is 0 Å². The molecule has 0 spiro atoms. The van der Waals surface area contributed by atoms with Crippen LogP contribution in [0.15, 0.2) is 24.3 Å². The molecule has 0 saturated heterocycles. The molecule has 0 heterocycles. The van der Waals surface area contributed by atoms with Crippen molar-refractivity contribution in [2.75, 3.05) is 5.32 Å². The van der Waals surface area contributed by atoms with Crippen molar-refractivity contribution in [3.63, 3.8) is 0 Å². The van der Waals surface area contributed by atoms with Gasteiger partial charge in [0.15, 0.2) is 0 Å². The van der Waals surface area contributed by atoms with E-state index < -0.39 is 0 Å². The van der Waals surface area contributed by atoms with Gasteiger partial charge in [-0.3, -0.25) is 0 Å². The summed E-state index contributed by atoms with van der Waals surface area (Å²) in [7, 11) is 0. The van der Waals surface area contributed by atoms with Crippen LogP contribution in [0.4, 0.5) is 10.1 Å². The van der Waals surface area contributed by atoms with Crippen LogP contribution in [0, 0.1) is 5.82 Å². The van der Waals surface area contributed by atoms with Gasteiger partial charge in [-0.2, -0.15) is 0 Å². The minimum Gasteiger partial charge on any atom is -0.341 e. The molecule has 11 heavy (non-hydrogen) atoms. The van der Waals surface area contributed by atoms with Gasteiger partial charge in [-0.1, -0.05) is 12.2 Å². The van der Waals surface area contributed by atoms with Crippen molar-refractivity contribution >= 4 is 34.9 Å². The second kappa shape index (κ2) is 3.69. The van der Waals surface area contributed by atoms with E-state index in [2.05, 4.69) is 30.2 Å². The first-order valence-corrected chi connectivity index (χ1v) is 3.79. The van der Waals surface area contributed by atoms with Crippen LogP contribution in [-0.2, 0) is 0 Å². The van der Waals surface area contributed by atoms with E-state index in [4.69, 9.17) is 0 Å². The van der Waals surface area contributed by atoms with Crippen molar-refractivity contribution in [2.24, 2.45) is 0 Å². The molecule has 1 aromatic rings. The van der Waals surface area contributed by atoms with Crippen LogP contribution >= 0.6 is 24.8 Å². The smallest absolute Gasteiger partial charge is 0.135 e. The molecule has 0 aromatic heterocycles. The lowest BCUT2D eigenvalue weighted by atomic mass is 10.3. The first kappa shape index (κ1) is 8.49. The maximum atomic E-state index is 12.3. The second-order valence-electron chi connectivity index (χ2n) is 1.94. The summed E-state index contributed by atoms with van der Waals surface area (Å²) in [5, 5.41) is 2.76. The molecule has 4 heteroatoms. The van der Waals surface area contributed by atoms with Crippen LogP contribution in [0.25, 0.3) is 0 Å². The fourth-order valence-corrected chi connectivity index (χ4v) is 0.904. The zero-order valence-electron chi connectivity index (χ0n) is 5.54. The summed E-state index contributed by atoms with van der Waals surface area (Å²) in [6.45, 7) is 0. The van der Waals surface area contributed by atoms with Crippen LogP contribution < -0.4 is 5.32 Å². The third-order valence-corrected chi connectivity index (χ3v) is 1.31. The first-order valence-electron chi connectivity index (χ1n) is 2.94. The molecule has 1 nitrogen and oxygen atoms in total. The van der Waals surface area contributed by atoms with E-state index in [1.165, 1.54) is 12.1 Å². The van der Waals surface area contributed by atoms with Gasteiger partial charge >= 0.3 is 0 Å². The highest BCUT2D eigenvalue weighted by Gasteiger charge is 1.92. The molecule has 0 amide bonds. The Morgan fingerprint density at radius 2 is 1.91 bits per heavy atom. The molecule has 0 saturated carbocycles. The highest BCUT2D eigenvalue weighted by molar-refractivity contribution is 8.11. The molecule has 1 N–H and O–H groups in total. The van der Waals surface area contributed by atoms with Crippen molar-refractivity contribution in [3.05, 3.63) is 30.1 Å². The van der Waals surface area contributed by atoms with Gasteiger partial charge in [0, 0.05) is 5.69 Å². The fourth-order valence-electron chi connectivity index (χ4n) is 0.657. The monoisotopic (exact) mass is 187 g/mol. The number of anilines is 1. The standard InChI is InChI=1S/C7H6FNS2/c8-5-1-3-6(4-2-5)9-7(10)11/h1-4H,(H2,9,10,11). The molecule has 0 radical (unpaired) electrons. The predicted octanol–water partition coefficient (Wildman–Crippen LogP) is 2.45. The van der Waals surface area contributed by atoms with Gasteiger partial charge in [0.25, 0.3) is 0 Å². The van der Waals surface area contributed by atoms with Gasteiger partial charge in [-0.25, -0.2) is 4.39 Å². The summed E-state index contributed by atoms with van der Waals surface area (Å²) < 4.78 is 12.7. The number of hydrogen-bond acceptors (Lipinski definition) is 1. The summed E-state index contributed by atoms with van der Waals surface area (Å²) in [5.74, 6) is -0.263. The molecular weight excluding hydrogens is 181 g/mol. The Kier molecular flexibility index (Phi) is 2.84. The lowest BCUT2D eigenvalue weighted by Gasteiger charge is -2.00. The quantitative estimate of drug-likeness (QED) is 0.517. The fraction of sp³-hybridized carbons (Fsp3) is 0. The van der Waals surface area contributed by atoms with Crippen molar-refractivity contribution in [1.82, 2.24) is 0 Å². The Morgan fingerprint density at radius 1 is 1.36 bits per heavy atom. The number of thiocarbonyl (C=S) groups is 1. The third kappa shape index (κ3) is 2.86. The van der Waals surface area contributed by atoms with Gasteiger partial charge in [0.2, 0.25) is 0 Å². The number of hydrogen-bond donors (Lipinski definition) is 2. The van der Waals surface area contributed by atoms with Crippen LogP contribution in [0.5, 0.6) is 0 Å². The average molecular weight is 187 g/mol. The summed E-state index contributed by atoms with van der Waals surface area (Å²) in [6.07, 6.45) is 0. The molecule has 0 aliphatic carbocycles. The van der Waals surface area contributed by atoms with Gasteiger partial charge < -0.3 is 5.32 Å². The Bertz CT molecular complexity index is 258. The Labute approximate surface area is 75.0 Å². The lowest BCUT2D eigenvalue weighted by Crippen LogP contribution is -1.99. The normalized spacial score (nSPS) is 9.27. The maximum absolute atomic E-state index is 12.3. The SMILES string of the molecule is Fc1ccc(NC(=S)S)cc1. The summed E-state index contributed by atoms with van der Waals surface area (Å²) in [4.78, 5) is 0. The first-order chi connectivity index (χ1) is 5.18. The molecule has 0 atom stereocenters. The summed E-state index contributed by atoms with van der Waals surface area (Å²) >= 11 is 8.53. The number of benzene rings is 1. The molecule has 1 rings (SSSR count). The zero-order chi connectivity index (χ0) is 8.27. The average Bonchev–Trinajstić information content (AvgIpc) is 1.93. The molecule has 0 aliphatic rings. The number of halogens is 1. The van der Waals surface area contributed by atoms with E-state index in [1.807, 2.05) is 0 Å². The van der Waals surface area contributed by atoms with Crippen molar-refractivity contribution in [2.45, 2.75) is 0 Å². The minimum atomic E-state index is -0.263. The molecule has 0 unspecified atom stereocenters. The molecule has 0 bridgehead atoms. The second-order valence-corrected chi connectivity index (χ2v) is 3.10. The number of thiol groups is 1. The lowest BCUT2D eigenvalue weighted by molar-refractivity contribution is 0.628.